The highest BCUT2D eigenvalue weighted by atomic mass is 31.2. The zero-order chi connectivity index (χ0) is 30.0. The van der Waals surface area contributed by atoms with Crippen molar-refractivity contribution in [2.24, 2.45) is 0 Å². The summed E-state index contributed by atoms with van der Waals surface area (Å²) in [6.07, 6.45) is 7.45. The third-order valence-corrected chi connectivity index (χ3v) is 10.9. The van der Waals surface area contributed by atoms with Crippen molar-refractivity contribution in [1.29, 1.82) is 0 Å². The van der Waals surface area contributed by atoms with Gasteiger partial charge in [-0.2, -0.15) is 0 Å². The molecule has 2 aromatic heterocycles. The molecule has 42 heavy (non-hydrogen) atoms. The number of nitrogens with zero attached hydrogens (tertiary/aromatic N) is 2. The molecule has 1 aliphatic rings. The Bertz CT molecular complexity index is 1430. The molecule has 0 radical (unpaired) electrons. The zero-order valence-electron chi connectivity index (χ0n) is 24.2. The molecule has 0 bridgehead atoms. The Morgan fingerprint density at radius 2 is 1.93 bits per heavy atom. The summed E-state index contributed by atoms with van der Waals surface area (Å²) in [5, 5.41) is 3.23. The Kier molecular flexibility index (Phi) is 11.7. The molecular weight excluding hydrogens is 583 g/mol. The minimum atomic E-state index is -3.68. The first-order valence-electron chi connectivity index (χ1n) is 14.1. The van der Waals surface area contributed by atoms with Crippen LogP contribution in [-0.2, 0) is 29.1 Å². The molecule has 3 aromatic rings. The van der Waals surface area contributed by atoms with Gasteiger partial charge in [-0.15, -0.1) is 0 Å². The average Bonchev–Trinajstić information content (AvgIpc) is 3.58. The van der Waals surface area contributed by atoms with E-state index in [-0.39, 0.29) is 31.5 Å². The van der Waals surface area contributed by atoms with Crippen molar-refractivity contribution < 1.29 is 36.2 Å². The van der Waals surface area contributed by atoms with Crippen LogP contribution in [0.15, 0.2) is 52.5 Å². The van der Waals surface area contributed by atoms with Gasteiger partial charge >= 0.3 is 7.60 Å². The maximum atomic E-state index is 14.6. The Hall–Kier alpha value is -2.65. The van der Waals surface area contributed by atoms with Crippen molar-refractivity contribution in [2.75, 3.05) is 39.1 Å². The summed E-state index contributed by atoms with van der Waals surface area (Å²) in [6.45, 7) is 6.81. The predicted octanol–water partition coefficient (Wildman–Crippen LogP) is 7.40. The van der Waals surface area contributed by atoms with E-state index in [0.717, 1.165) is 23.4 Å². The lowest BCUT2D eigenvalue weighted by Gasteiger charge is -2.21. The highest BCUT2D eigenvalue weighted by Crippen LogP contribution is 2.59. The number of rotatable bonds is 16. The number of hydrogen-bond acceptors (Lipinski definition) is 9. The van der Waals surface area contributed by atoms with Gasteiger partial charge in [-0.05, 0) is 82.4 Å². The highest BCUT2D eigenvalue weighted by molar-refractivity contribution is 7.59. The van der Waals surface area contributed by atoms with Crippen LogP contribution in [0.1, 0.15) is 50.1 Å². The molecule has 1 aromatic carbocycles. The minimum absolute atomic E-state index is 0.0805. The van der Waals surface area contributed by atoms with Crippen LogP contribution in [0.2, 0.25) is 0 Å². The van der Waals surface area contributed by atoms with Gasteiger partial charge in [-0.25, -0.2) is 14.5 Å². The van der Waals surface area contributed by atoms with E-state index in [1.165, 1.54) is 6.07 Å². The maximum absolute atomic E-state index is 14.6. The van der Waals surface area contributed by atoms with Crippen LogP contribution in [0.4, 0.5) is 4.39 Å². The van der Waals surface area contributed by atoms with E-state index in [0.29, 0.717) is 49.4 Å². The number of aryl methyl sites for hydroxylation is 2. The topological polar surface area (TPSA) is 122 Å². The van der Waals surface area contributed by atoms with E-state index in [9.17, 15) is 13.5 Å². The van der Waals surface area contributed by atoms with Gasteiger partial charge in [-0.3, -0.25) is 14.1 Å². The summed E-state index contributed by atoms with van der Waals surface area (Å²) < 4.78 is 69.3. The number of halogens is 1. The molecule has 0 amide bonds. The van der Waals surface area contributed by atoms with Gasteiger partial charge in [0.25, 0.3) is 7.52 Å². The summed E-state index contributed by atoms with van der Waals surface area (Å²) in [5.74, 6) is 0.900. The molecule has 1 unspecified atom stereocenters. The summed E-state index contributed by atoms with van der Waals surface area (Å²) in [4.78, 5) is 8.62. The number of pyridine rings is 1. The molecule has 1 atom stereocenters. The van der Waals surface area contributed by atoms with E-state index >= 15 is 0 Å². The van der Waals surface area contributed by atoms with Gasteiger partial charge in [-0.1, -0.05) is 6.07 Å². The summed E-state index contributed by atoms with van der Waals surface area (Å²) in [7, 11) is -6.72. The largest absolute Gasteiger partial charge is 0.490 e. The lowest BCUT2D eigenvalue weighted by Crippen LogP contribution is -2.07. The fourth-order valence-corrected chi connectivity index (χ4v) is 8.15. The number of ether oxygens (including phenoxy) is 1. The van der Waals surface area contributed by atoms with Gasteiger partial charge < -0.3 is 22.7 Å². The molecule has 4 rings (SSSR count). The highest BCUT2D eigenvalue weighted by Gasteiger charge is 2.34. The quantitative estimate of drug-likeness (QED) is 0.128. The predicted molar refractivity (Wildman–Crippen MR) is 159 cm³/mol. The third-order valence-electron chi connectivity index (χ3n) is 6.54. The van der Waals surface area contributed by atoms with Crippen LogP contribution in [0.5, 0.6) is 5.75 Å². The smallest absolute Gasteiger partial charge is 0.357 e. The Balaban J connectivity index is 1.40. The second-order valence-electron chi connectivity index (χ2n) is 9.61. The molecule has 1 aliphatic heterocycles. The maximum Gasteiger partial charge on any atom is 0.357 e. The molecule has 0 spiro atoms. The summed E-state index contributed by atoms with van der Waals surface area (Å²) >= 11 is 0. The van der Waals surface area contributed by atoms with E-state index in [1.807, 2.05) is 19.1 Å². The van der Waals surface area contributed by atoms with Gasteiger partial charge in [0, 0.05) is 36.0 Å². The molecule has 0 aliphatic carbocycles. The standard InChI is InChI=1S/C29H38FN3O7P2/c1-4-37-42(35,38-5-2)25(13-19-41(34)32-16-18-39-41)20-23-9-10-26(30)28(21-23)36-17-7-6-8-27-22(3)40-29(33-27)24-11-14-31-15-12-24/h9-12,14-15,20-21H,4-8,13,16-19H2,1-3H3,(H,32,34). The molecule has 1 N–H and O–H groups in total. The first-order chi connectivity index (χ1) is 20.2. The van der Waals surface area contributed by atoms with Crippen LogP contribution in [0.25, 0.3) is 17.5 Å². The van der Waals surface area contributed by atoms with Crippen LogP contribution >= 0.6 is 15.1 Å². The fraction of sp³-hybridized carbons (Fsp3) is 0.448. The Labute approximate surface area is 246 Å². The molecule has 3 heterocycles. The first kappa shape index (κ1) is 32.3. The molecule has 0 saturated carbocycles. The van der Waals surface area contributed by atoms with Crippen LogP contribution in [-0.4, -0.2) is 49.1 Å². The van der Waals surface area contributed by atoms with Gasteiger partial charge in [0.2, 0.25) is 5.89 Å². The lowest BCUT2D eigenvalue weighted by molar-refractivity contribution is 0.226. The van der Waals surface area contributed by atoms with Crippen LogP contribution in [0, 0.1) is 12.7 Å². The van der Waals surface area contributed by atoms with Crippen molar-refractivity contribution in [3.05, 3.63) is 70.9 Å². The first-order valence-corrected chi connectivity index (χ1v) is 17.5. The van der Waals surface area contributed by atoms with E-state index < -0.39 is 20.9 Å². The third kappa shape index (κ3) is 8.69. The summed E-state index contributed by atoms with van der Waals surface area (Å²) in [5.41, 5.74) is 2.30. The normalized spacial score (nSPS) is 17.6. The average molecular weight is 622 g/mol. The molecule has 1 fully saturated rings. The van der Waals surface area contributed by atoms with E-state index in [1.54, 1.807) is 44.4 Å². The van der Waals surface area contributed by atoms with Crippen LogP contribution in [0.3, 0.4) is 0 Å². The van der Waals surface area contributed by atoms with Crippen molar-refractivity contribution in [3.8, 4) is 17.2 Å². The van der Waals surface area contributed by atoms with E-state index in [4.69, 9.17) is 22.7 Å². The van der Waals surface area contributed by atoms with Crippen molar-refractivity contribution >= 4 is 21.2 Å². The second kappa shape index (κ2) is 15.2. The number of benzene rings is 1. The van der Waals surface area contributed by atoms with Crippen LogP contribution < -0.4 is 9.82 Å². The SMILES string of the molecule is CCOP(=O)(OCC)C(=Cc1ccc(F)c(OCCCCc2nc(-c3ccncc3)oc2C)c1)CCP1(=O)NCCO1. The second-order valence-corrected chi connectivity index (χ2v) is 14.1. The number of hydrogen-bond donors (Lipinski definition) is 1. The van der Waals surface area contributed by atoms with Crippen molar-refractivity contribution in [3.63, 3.8) is 0 Å². The van der Waals surface area contributed by atoms with Crippen molar-refractivity contribution in [1.82, 2.24) is 15.1 Å². The molecule has 1 saturated heterocycles. The molecular formula is C29H38FN3O7P2. The van der Waals surface area contributed by atoms with E-state index in [2.05, 4.69) is 15.1 Å². The molecule has 10 nitrogen and oxygen atoms in total. The van der Waals surface area contributed by atoms with Gasteiger partial charge in [0.05, 0.1) is 32.1 Å². The monoisotopic (exact) mass is 621 g/mol. The summed E-state index contributed by atoms with van der Waals surface area (Å²) in [6, 6.07) is 8.10. The number of nitrogens with one attached hydrogen (secondary N) is 1. The zero-order valence-corrected chi connectivity index (χ0v) is 26.0. The van der Waals surface area contributed by atoms with Gasteiger partial charge in [0.1, 0.15) is 5.76 Å². The number of aromatic nitrogens is 2. The fourth-order valence-electron chi connectivity index (χ4n) is 4.46. The minimum Gasteiger partial charge on any atom is -0.490 e. The van der Waals surface area contributed by atoms with Crippen molar-refractivity contribution in [2.45, 2.75) is 46.5 Å². The number of allylic oxidation sites excluding steroid dienone is 1. The number of oxazole rings is 1. The molecule has 228 valence electrons. The lowest BCUT2D eigenvalue weighted by atomic mass is 10.1. The Morgan fingerprint density at radius 1 is 1.17 bits per heavy atom. The Morgan fingerprint density at radius 3 is 2.62 bits per heavy atom. The number of unbranched alkanes of at least 4 members (excludes halogenated alkanes) is 1. The van der Waals surface area contributed by atoms with Gasteiger partial charge in [0.15, 0.2) is 11.6 Å². The molecule has 13 heteroatoms.